The second kappa shape index (κ2) is 6.07. The van der Waals surface area contributed by atoms with Crippen LogP contribution in [0.15, 0.2) is 12.1 Å². The number of rotatable bonds is 7. The van der Waals surface area contributed by atoms with Crippen molar-refractivity contribution in [2.24, 2.45) is 5.92 Å². The predicted octanol–water partition coefficient (Wildman–Crippen LogP) is 3.05. The highest BCUT2D eigenvalue weighted by atomic mass is 16.6. The second-order valence-electron chi connectivity index (χ2n) is 5.63. The van der Waals surface area contributed by atoms with Crippen LogP contribution in [0.1, 0.15) is 33.6 Å². The zero-order chi connectivity index (χ0) is 14.7. The molecule has 1 fully saturated rings. The molecular formula is C14H22N4O2. The number of hydrogen-bond acceptors (Lipinski definition) is 5. The van der Waals surface area contributed by atoms with E-state index in [1.165, 1.54) is 6.07 Å². The van der Waals surface area contributed by atoms with E-state index in [1.54, 1.807) is 6.07 Å². The van der Waals surface area contributed by atoms with Gasteiger partial charge in [-0.2, -0.15) is 0 Å². The molecule has 1 aromatic heterocycles. The molecule has 0 spiro atoms. The van der Waals surface area contributed by atoms with E-state index in [2.05, 4.69) is 29.0 Å². The number of anilines is 2. The van der Waals surface area contributed by atoms with Gasteiger partial charge in [0.2, 0.25) is 0 Å². The average Bonchev–Trinajstić information content (AvgIpc) is 3.20. The molecule has 0 radical (unpaired) electrons. The lowest BCUT2D eigenvalue weighted by molar-refractivity contribution is -0.384. The average molecular weight is 278 g/mol. The quantitative estimate of drug-likeness (QED) is 0.613. The Balaban J connectivity index is 2.33. The van der Waals surface area contributed by atoms with E-state index in [4.69, 9.17) is 0 Å². The van der Waals surface area contributed by atoms with Crippen molar-refractivity contribution in [3.05, 3.63) is 22.2 Å². The smallest absolute Gasteiger partial charge is 0.276 e. The largest absolute Gasteiger partial charge is 0.370 e. The van der Waals surface area contributed by atoms with Crippen molar-refractivity contribution in [1.82, 2.24) is 4.98 Å². The molecule has 0 amide bonds. The Hall–Kier alpha value is -1.85. The van der Waals surface area contributed by atoms with Crippen LogP contribution in [0.3, 0.4) is 0 Å². The molecule has 1 heterocycles. The minimum atomic E-state index is -0.355. The molecule has 0 bridgehead atoms. The van der Waals surface area contributed by atoms with Gasteiger partial charge < -0.3 is 10.2 Å². The second-order valence-corrected chi connectivity index (χ2v) is 5.63. The van der Waals surface area contributed by atoms with Crippen LogP contribution in [-0.2, 0) is 0 Å². The summed E-state index contributed by atoms with van der Waals surface area (Å²) in [6.07, 6.45) is 2.29. The maximum Gasteiger partial charge on any atom is 0.276 e. The number of nitrogens with one attached hydrogen (secondary N) is 1. The number of hydrogen-bond donors (Lipinski definition) is 1. The number of pyridine rings is 1. The Morgan fingerprint density at radius 2 is 2.20 bits per heavy atom. The zero-order valence-corrected chi connectivity index (χ0v) is 12.3. The summed E-state index contributed by atoms with van der Waals surface area (Å²) in [5.74, 6) is 1.79. The van der Waals surface area contributed by atoms with Crippen molar-refractivity contribution in [2.45, 2.75) is 39.7 Å². The van der Waals surface area contributed by atoms with Gasteiger partial charge >= 0.3 is 0 Å². The third kappa shape index (κ3) is 3.59. The summed E-state index contributed by atoms with van der Waals surface area (Å²) >= 11 is 0. The standard InChI is InChI=1S/C14H22N4O2/c1-4-15-13-7-12(18(19)20)8-14(16-13)17(9-10(2)3)11-5-6-11/h7-8,10-11H,4-6,9H2,1-3H3,(H,15,16). The van der Waals surface area contributed by atoms with E-state index in [9.17, 15) is 10.1 Å². The molecule has 1 aliphatic rings. The van der Waals surface area contributed by atoms with Crippen molar-refractivity contribution in [3.8, 4) is 0 Å². The molecule has 2 rings (SSSR count). The summed E-state index contributed by atoms with van der Waals surface area (Å²) in [6.45, 7) is 7.83. The summed E-state index contributed by atoms with van der Waals surface area (Å²) < 4.78 is 0. The first-order chi connectivity index (χ1) is 9.51. The number of nitrogens with zero attached hydrogens (tertiary/aromatic N) is 3. The Bertz CT molecular complexity index is 486. The van der Waals surface area contributed by atoms with Crippen molar-refractivity contribution >= 4 is 17.3 Å². The van der Waals surface area contributed by atoms with E-state index < -0.39 is 0 Å². The van der Waals surface area contributed by atoms with Crippen molar-refractivity contribution in [2.75, 3.05) is 23.3 Å². The van der Waals surface area contributed by atoms with Gasteiger partial charge in [0.05, 0.1) is 17.1 Å². The van der Waals surface area contributed by atoms with Crippen LogP contribution in [0.2, 0.25) is 0 Å². The molecule has 0 atom stereocenters. The van der Waals surface area contributed by atoms with E-state index in [0.29, 0.717) is 30.1 Å². The minimum Gasteiger partial charge on any atom is -0.370 e. The van der Waals surface area contributed by atoms with Gasteiger partial charge in [-0.05, 0) is 25.7 Å². The molecule has 6 nitrogen and oxygen atoms in total. The van der Waals surface area contributed by atoms with E-state index in [-0.39, 0.29) is 10.6 Å². The van der Waals surface area contributed by atoms with E-state index in [1.807, 2.05) is 6.92 Å². The zero-order valence-electron chi connectivity index (χ0n) is 12.3. The maximum atomic E-state index is 11.1. The summed E-state index contributed by atoms with van der Waals surface area (Å²) in [5, 5.41) is 14.1. The molecular weight excluding hydrogens is 256 g/mol. The first-order valence-electron chi connectivity index (χ1n) is 7.18. The molecule has 1 saturated carbocycles. The van der Waals surface area contributed by atoms with Gasteiger partial charge in [0.25, 0.3) is 5.69 Å². The predicted molar refractivity (Wildman–Crippen MR) is 80.3 cm³/mol. The molecule has 0 aliphatic heterocycles. The lowest BCUT2D eigenvalue weighted by Gasteiger charge is -2.25. The fourth-order valence-electron chi connectivity index (χ4n) is 2.24. The van der Waals surface area contributed by atoms with Gasteiger partial charge in [0, 0.05) is 19.1 Å². The molecule has 20 heavy (non-hydrogen) atoms. The number of aromatic nitrogens is 1. The SMILES string of the molecule is CCNc1cc([N+](=O)[O-])cc(N(CC(C)C)C2CC2)n1. The van der Waals surface area contributed by atoms with Crippen LogP contribution >= 0.6 is 0 Å². The van der Waals surface area contributed by atoms with Crippen LogP contribution in [-0.4, -0.2) is 29.0 Å². The topological polar surface area (TPSA) is 71.3 Å². The monoisotopic (exact) mass is 278 g/mol. The molecule has 0 aromatic carbocycles. The Labute approximate surface area is 119 Å². The van der Waals surface area contributed by atoms with Gasteiger partial charge in [-0.1, -0.05) is 13.8 Å². The highest BCUT2D eigenvalue weighted by molar-refractivity contribution is 5.56. The van der Waals surface area contributed by atoms with Crippen molar-refractivity contribution in [3.63, 3.8) is 0 Å². The van der Waals surface area contributed by atoms with Crippen molar-refractivity contribution < 1.29 is 4.92 Å². The normalized spacial score (nSPS) is 14.4. The van der Waals surface area contributed by atoms with E-state index in [0.717, 1.165) is 19.4 Å². The van der Waals surface area contributed by atoms with Crippen LogP contribution in [0.25, 0.3) is 0 Å². The lowest BCUT2D eigenvalue weighted by atomic mass is 10.2. The molecule has 0 unspecified atom stereocenters. The fraction of sp³-hybridized carbons (Fsp3) is 0.643. The Morgan fingerprint density at radius 1 is 1.50 bits per heavy atom. The Morgan fingerprint density at radius 3 is 2.70 bits per heavy atom. The summed E-state index contributed by atoms with van der Waals surface area (Å²) in [6, 6.07) is 3.57. The third-order valence-corrected chi connectivity index (χ3v) is 3.21. The lowest BCUT2D eigenvalue weighted by Crippen LogP contribution is -2.30. The van der Waals surface area contributed by atoms with Gasteiger partial charge in [-0.25, -0.2) is 4.98 Å². The third-order valence-electron chi connectivity index (χ3n) is 3.21. The van der Waals surface area contributed by atoms with Gasteiger partial charge in [0.15, 0.2) is 0 Å². The van der Waals surface area contributed by atoms with Gasteiger partial charge in [0.1, 0.15) is 11.6 Å². The first-order valence-corrected chi connectivity index (χ1v) is 7.18. The molecule has 1 aliphatic carbocycles. The molecule has 110 valence electrons. The fourth-order valence-corrected chi connectivity index (χ4v) is 2.24. The first kappa shape index (κ1) is 14.6. The highest BCUT2D eigenvalue weighted by Gasteiger charge is 2.31. The molecule has 1 aromatic rings. The maximum absolute atomic E-state index is 11.1. The van der Waals surface area contributed by atoms with Crippen LogP contribution in [0.4, 0.5) is 17.3 Å². The summed E-state index contributed by atoms with van der Waals surface area (Å²) in [5.41, 5.74) is 0.0976. The van der Waals surface area contributed by atoms with Crippen LogP contribution < -0.4 is 10.2 Å². The Kier molecular flexibility index (Phi) is 4.42. The van der Waals surface area contributed by atoms with E-state index >= 15 is 0 Å². The minimum absolute atomic E-state index is 0.0976. The summed E-state index contributed by atoms with van der Waals surface area (Å²) in [7, 11) is 0. The molecule has 6 heteroatoms. The number of nitro groups is 1. The van der Waals surface area contributed by atoms with Crippen molar-refractivity contribution in [1.29, 1.82) is 0 Å². The van der Waals surface area contributed by atoms with Gasteiger partial charge in [-0.15, -0.1) is 0 Å². The highest BCUT2D eigenvalue weighted by Crippen LogP contribution is 2.33. The summed E-state index contributed by atoms with van der Waals surface area (Å²) in [4.78, 5) is 17.5. The van der Waals surface area contributed by atoms with Crippen LogP contribution in [0.5, 0.6) is 0 Å². The van der Waals surface area contributed by atoms with Crippen LogP contribution in [0, 0.1) is 16.0 Å². The molecule has 1 N–H and O–H groups in total. The van der Waals surface area contributed by atoms with Gasteiger partial charge in [-0.3, -0.25) is 10.1 Å². The molecule has 0 saturated heterocycles.